The number of oxazole rings is 1. The predicted molar refractivity (Wildman–Crippen MR) is 105 cm³/mol. The van der Waals surface area contributed by atoms with E-state index in [1.54, 1.807) is 12.1 Å². The maximum absolute atomic E-state index is 13.4. The Morgan fingerprint density at radius 2 is 1.77 bits per heavy atom. The summed E-state index contributed by atoms with van der Waals surface area (Å²) in [7, 11) is 0.498. The SMILES string of the molecule is CN(C)[C@H]1CC[C@@H](S(=O)(=O)c2c(Cl)ccc3nc(C(C)(C)C)oc23)CC1. The van der Waals surface area contributed by atoms with E-state index < -0.39 is 15.1 Å². The highest BCUT2D eigenvalue weighted by molar-refractivity contribution is 7.92. The quantitative estimate of drug-likeness (QED) is 0.765. The van der Waals surface area contributed by atoms with Gasteiger partial charge < -0.3 is 9.32 Å². The van der Waals surface area contributed by atoms with Gasteiger partial charge in [0.25, 0.3) is 0 Å². The van der Waals surface area contributed by atoms with E-state index in [1.807, 2.05) is 34.9 Å². The molecule has 1 aromatic heterocycles. The normalized spacial score (nSPS) is 22.3. The van der Waals surface area contributed by atoms with Gasteiger partial charge in [-0.15, -0.1) is 0 Å². The Morgan fingerprint density at radius 3 is 2.31 bits per heavy atom. The number of aromatic nitrogens is 1. The van der Waals surface area contributed by atoms with Crippen LogP contribution in [0.5, 0.6) is 0 Å². The highest BCUT2D eigenvalue weighted by Crippen LogP contribution is 2.38. The molecule has 0 saturated heterocycles. The number of rotatable bonds is 3. The predicted octanol–water partition coefficient (Wildman–Crippen LogP) is 4.43. The molecular formula is C19H27ClN2O3S. The molecule has 0 amide bonds. The van der Waals surface area contributed by atoms with Gasteiger partial charge in [0.15, 0.2) is 15.4 Å². The summed E-state index contributed by atoms with van der Waals surface area (Å²) in [5.41, 5.74) is 0.521. The van der Waals surface area contributed by atoms with E-state index in [0.29, 0.717) is 30.3 Å². The molecule has 26 heavy (non-hydrogen) atoms. The van der Waals surface area contributed by atoms with Crippen molar-refractivity contribution in [3.63, 3.8) is 0 Å². The first-order valence-corrected chi connectivity index (χ1v) is 10.9. The van der Waals surface area contributed by atoms with Crippen LogP contribution in [-0.2, 0) is 15.3 Å². The number of benzene rings is 1. The third-order valence-corrected chi connectivity index (χ3v) is 7.95. The Bertz CT molecular complexity index is 905. The van der Waals surface area contributed by atoms with Crippen molar-refractivity contribution in [1.29, 1.82) is 0 Å². The maximum atomic E-state index is 13.4. The fourth-order valence-corrected chi connectivity index (χ4v) is 6.01. The molecular weight excluding hydrogens is 372 g/mol. The van der Waals surface area contributed by atoms with E-state index in [9.17, 15) is 8.42 Å². The Kier molecular flexibility index (Phi) is 5.14. The molecule has 0 unspecified atom stereocenters. The summed E-state index contributed by atoms with van der Waals surface area (Å²) in [6.07, 6.45) is 3.01. The lowest BCUT2D eigenvalue weighted by Gasteiger charge is -2.32. The lowest BCUT2D eigenvalue weighted by Crippen LogP contribution is -2.36. The molecule has 0 bridgehead atoms. The summed E-state index contributed by atoms with van der Waals surface area (Å²) >= 11 is 6.33. The van der Waals surface area contributed by atoms with Gasteiger partial charge in [-0.25, -0.2) is 13.4 Å². The molecule has 1 heterocycles. The number of hydrogen-bond donors (Lipinski definition) is 0. The molecule has 3 rings (SSSR count). The van der Waals surface area contributed by atoms with Crippen LogP contribution in [-0.4, -0.2) is 43.7 Å². The molecule has 1 aliphatic rings. The second-order valence-corrected chi connectivity index (χ2v) is 11.0. The number of sulfone groups is 1. The highest BCUT2D eigenvalue weighted by atomic mass is 35.5. The summed E-state index contributed by atoms with van der Waals surface area (Å²) in [4.78, 5) is 6.76. The van der Waals surface area contributed by atoms with Crippen LogP contribution in [0.25, 0.3) is 11.1 Å². The molecule has 0 aliphatic heterocycles. The molecule has 144 valence electrons. The molecule has 1 saturated carbocycles. The minimum Gasteiger partial charge on any atom is -0.439 e. The number of nitrogens with zero attached hydrogens (tertiary/aromatic N) is 2. The fourth-order valence-electron chi connectivity index (χ4n) is 3.57. The first kappa shape index (κ1) is 19.6. The third kappa shape index (κ3) is 3.51. The fraction of sp³-hybridized carbons (Fsp3) is 0.632. The average molecular weight is 399 g/mol. The summed E-state index contributed by atoms with van der Waals surface area (Å²) in [5, 5.41) is -0.214. The van der Waals surface area contributed by atoms with Gasteiger partial charge in [0, 0.05) is 11.5 Å². The summed E-state index contributed by atoms with van der Waals surface area (Å²) in [6, 6.07) is 3.76. The minimum absolute atomic E-state index is 0.105. The largest absolute Gasteiger partial charge is 0.439 e. The van der Waals surface area contributed by atoms with Gasteiger partial charge >= 0.3 is 0 Å². The number of halogens is 1. The van der Waals surface area contributed by atoms with Crippen LogP contribution in [0.3, 0.4) is 0 Å². The zero-order valence-corrected chi connectivity index (χ0v) is 17.6. The molecule has 1 aliphatic carbocycles. The van der Waals surface area contributed by atoms with E-state index in [1.165, 1.54) is 0 Å². The molecule has 0 atom stereocenters. The second-order valence-electron chi connectivity index (χ2n) is 8.43. The summed E-state index contributed by atoms with van der Waals surface area (Å²) in [5.74, 6) is 0.516. The van der Waals surface area contributed by atoms with E-state index in [2.05, 4.69) is 9.88 Å². The van der Waals surface area contributed by atoms with Crippen LogP contribution < -0.4 is 0 Å². The second kappa shape index (κ2) is 6.80. The first-order valence-electron chi connectivity index (χ1n) is 9.01. The first-order chi connectivity index (χ1) is 12.0. The van der Waals surface area contributed by atoms with E-state index in [4.69, 9.17) is 16.0 Å². The Morgan fingerprint density at radius 1 is 1.15 bits per heavy atom. The van der Waals surface area contributed by atoms with Crippen molar-refractivity contribution in [3.8, 4) is 0 Å². The number of fused-ring (bicyclic) bond motifs is 1. The smallest absolute Gasteiger partial charge is 0.200 e. The van der Waals surface area contributed by atoms with Crippen molar-refractivity contribution in [2.24, 2.45) is 0 Å². The Labute approximate surface area is 160 Å². The molecule has 5 nitrogen and oxygen atoms in total. The van der Waals surface area contributed by atoms with Crippen LogP contribution in [0.15, 0.2) is 21.4 Å². The van der Waals surface area contributed by atoms with Gasteiger partial charge in [0.05, 0.1) is 10.3 Å². The van der Waals surface area contributed by atoms with E-state index >= 15 is 0 Å². The van der Waals surface area contributed by atoms with Crippen molar-refractivity contribution in [1.82, 2.24) is 9.88 Å². The highest BCUT2D eigenvalue weighted by Gasteiger charge is 2.36. The minimum atomic E-state index is -3.58. The Hall–Kier alpha value is -1.11. The van der Waals surface area contributed by atoms with Gasteiger partial charge in [-0.2, -0.15) is 0 Å². The van der Waals surface area contributed by atoms with Crippen molar-refractivity contribution < 1.29 is 12.8 Å². The number of hydrogen-bond acceptors (Lipinski definition) is 5. The zero-order chi connectivity index (χ0) is 19.3. The van der Waals surface area contributed by atoms with Gasteiger partial charge in [0.1, 0.15) is 10.4 Å². The van der Waals surface area contributed by atoms with Crippen molar-refractivity contribution >= 4 is 32.5 Å². The topological polar surface area (TPSA) is 63.4 Å². The average Bonchev–Trinajstić information content (AvgIpc) is 2.98. The molecule has 7 heteroatoms. The molecule has 2 aromatic rings. The molecule has 0 radical (unpaired) electrons. The van der Waals surface area contributed by atoms with E-state index in [-0.39, 0.29) is 20.9 Å². The molecule has 0 N–H and O–H groups in total. The van der Waals surface area contributed by atoms with Gasteiger partial charge in [-0.05, 0) is 51.9 Å². The van der Waals surface area contributed by atoms with Crippen LogP contribution in [0, 0.1) is 0 Å². The standard InChI is InChI=1S/C19H27ClN2O3S/c1-19(2,3)18-21-15-11-10-14(20)17(16(15)25-18)26(23,24)13-8-6-12(7-9-13)22(4)5/h10-13H,6-9H2,1-5H3/t12-,13+. The van der Waals surface area contributed by atoms with Gasteiger partial charge in [0.2, 0.25) is 5.89 Å². The lowest BCUT2D eigenvalue weighted by molar-refractivity contribution is 0.230. The summed E-state index contributed by atoms with van der Waals surface area (Å²) < 4.78 is 32.6. The van der Waals surface area contributed by atoms with E-state index in [0.717, 1.165) is 12.8 Å². The monoisotopic (exact) mass is 398 g/mol. The maximum Gasteiger partial charge on any atom is 0.200 e. The lowest BCUT2D eigenvalue weighted by atomic mass is 9.94. The Balaban J connectivity index is 2.03. The van der Waals surface area contributed by atoms with Crippen molar-refractivity contribution in [2.45, 2.75) is 68.1 Å². The molecule has 1 fully saturated rings. The van der Waals surface area contributed by atoms with Crippen LogP contribution in [0.2, 0.25) is 5.02 Å². The summed E-state index contributed by atoms with van der Waals surface area (Å²) in [6.45, 7) is 5.95. The third-order valence-electron chi connectivity index (χ3n) is 5.20. The van der Waals surface area contributed by atoms with Crippen molar-refractivity contribution in [3.05, 3.63) is 23.0 Å². The van der Waals surface area contributed by atoms with Gasteiger partial charge in [-0.1, -0.05) is 32.4 Å². The van der Waals surface area contributed by atoms with Crippen LogP contribution >= 0.6 is 11.6 Å². The van der Waals surface area contributed by atoms with Crippen LogP contribution in [0.1, 0.15) is 52.3 Å². The molecule has 1 aromatic carbocycles. The molecule has 0 spiro atoms. The zero-order valence-electron chi connectivity index (χ0n) is 16.0. The van der Waals surface area contributed by atoms with Crippen LogP contribution in [0.4, 0.5) is 0 Å². The van der Waals surface area contributed by atoms with Gasteiger partial charge in [-0.3, -0.25) is 0 Å². The van der Waals surface area contributed by atoms with Crippen molar-refractivity contribution in [2.75, 3.05) is 14.1 Å².